The predicted octanol–water partition coefficient (Wildman–Crippen LogP) is 5.05. The Balaban J connectivity index is 1.63. The number of anilines is 1. The number of benzene rings is 1. The van der Waals surface area contributed by atoms with Crippen molar-refractivity contribution >= 4 is 44.5 Å². The van der Waals surface area contributed by atoms with E-state index < -0.39 is 0 Å². The molecule has 0 radical (unpaired) electrons. The number of aromatic nitrogens is 2. The van der Waals surface area contributed by atoms with Gasteiger partial charge in [0.1, 0.15) is 5.82 Å². The molecule has 0 aliphatic rings. The maximum absolute atomic E-state index is 14.0. The summed E-state index contributed by atoms with van der Waals surface area (Å²) in [6.45, 7) is 1.76. The van der Waals surface area contributed by atoms with Gasteiger partial charge in [-0.25, -0.2) is 4.39 Å². The number of halogens is 1. The van der Waals surface area contributed by atoms with Gasteiger partial charge >= 0.3 is 0 Å². The Kier molecular flexibility index (Phi) is 3.66. The van der Waals surface area contributed by atoms with E-state index in [1.807, 2.05) is 23.6 Å². The lowest BCUT2D eigenvalue weighted by Gasteiger charge is -2.00. The molecule has 0 aliphatic heterocycles. The standard InChI is InChI=1S/C17H12FN3OS2/c1-9-15-10(18)4-2-5-13(15)24-16(9)17(22)19-14-8-11(20-21-14)12-6-3-7-23-12/h2-8H,1H3,(H2,19,20,21,22). The van der Waals surface area contributed by atoms with Gasteiger partial charge in [-0.05, 0) is 36.1 Å². The number of fused-ring (bicyclic) bond motifs is 1. The fourth-order valence-corrected chi connectivity index (χ4v) is 4.40. The summed E-state index contributed by atoms with van der Waals surface area (Å²) in [5.74, 6) is -0.141. The molecule has 0 spiro atoms. The number of aromatic amines is 1. The van der Waals surface area contributed by atoms with E-state index in [4.69, 9.17) is 0 Å². The summed E-state index contributed by atoms with van der Waals surface area (Å²) in [5, 5.41) is 12.3. The summed E-state index contributed by atoms with van der Waals surface area (Å²) in [4.78, 5) is 14.1. The van der Waals surface area contributed by atoms with Crippen LogP contribution in [0.2, 0.25) is 0 Å². The first-order chi connectivity index (χ1) is 11.6. The van der Waals surface area contributed by atoms with Gasteiger partial charge in [-0.1, -0.05) is 12.1 Å². The van der Waals surface area contributed by atoms with E-state index in [2.05, 4.69) is 15.5 Å². The molecule has 4 aromatic rings. The number of carbonyl (C=O) groups excluding carboxylic acids is 1. The number of amides is 1. The summed E-state index contributed by atoms with van der Waals surface area (Å²) < 4.78 is 14.7. The number of thiophene rings is 2. The van der Waals surface area contributed by atoms with Crippen molar-refractivity contribution in [2.24, 2.45) is 0 Å². The fraction of sp³-hybridized carbons (Fsp3) is 0.0588. The normalized spacial score (nSPS) is 11.1. The molecule has 1 amide bonds. The van der Waals surface area contributed by atoms with E-state index >= 15 is 0 Å². The van der Waals surface area contributed by atoms with E-state index in [0.29, 0.717) is 21.6 Å². The molecule has 0 fully saturated rings. The van der Waals surface area contributed by atoms with Gasteiger partial charge in [0.25, 0.3) is 5.91 Å². The third kappa shape index (κ3) is 2.51. The highest BCUT2D eigenvalue weighted by molar-refractivity contribution is 7.21. The minimum Gasteiger partial charge on any atom is -0.304 e. The average molecular weight is 357 g/mol. The first-order valence-electron chi connectivity index (χ1n) is 7.22. The Labute approximate surface area is 145 Å². The Morgan fingerprint density at radius 1 is 1.29 bits per heavy atom. The lowest BCUT2D eigenvalue weighted by molar-refractivity contribution is 0.102. The monoisotopic (exact) mass is 357 g/mol. The molecule has 2 N–H and O–H groups in total. The Bertz CT molecular complexity index is 1030. The maximum atomic E-state index is 14.0. The number of nitrogens with zero attached hydrogens (tertiary/aromatic N) is 1. The summed E-state index contributed by atoms with van der Waals surface area (Å²) in [6.07, 6.45) is 0. The van der Waals surface area contributed by atoms with Crippen LogP contribution in [0, 0.1) is 12.7 Å². The molecule has 7 heteroatoms. The average Bonchev–Trinajstić information content (AvgIpc) is 3.27. The van der Waals surface area contributed by atoms with E-state index in [9.17, 15) is 9.18 Å². The molecule has 0 saturated heterocycles. The van der Waals surface area contributed by atoms with Crippen LogP contribution in [0.1, 0.15) is 15.2 Å². The molecule has 3 heterocycles. The number of H-pyrrole nitrogens is 1. The van der Waals surface area contributed by atoms with Gasteiger partial charge in [0, 0.05) is 16.2 Å². The van der Waals surface area contributed by atoms with Gasteiger partial charge in [0.05, 0.1) is 15.4 Å². The lowest BCUT2D eigenvalue weighted by Crippen LogP contribution is -2.11. The Morgan fingerprint density at radius 2 is 2.17 bits per heavy atom. The van der Waals surface area contributed by atoms with Crippen LogP contribution in [0.15, 0.2) is 41.8 Å². The molecule has 120 valence electrons. The number of carbonyl (C=O) groups is 1. The zero-order chi connectivity index (χ0) is 16.7. The van der Waals surface area contributed by atoms with Crippen molar-refractivity contribution in [1.82, 2.24) is 10.2 Å². The van der Waals surface area contributed by atoms with Gasteiger partial charge in [0.15, 0.2) is 5.82 Å². The smallest absolute Gasteiger partial charge is 0.267 e. The molecule has 4 nitrogen and oxygen atoms in total. The quantitative estimate of drug-likeness (QED) is 0.539. The number of hydrogen-bond donors (Lipinski definition) is 2. The number of aryl methyl sites for hydroxylation is 1. The third-order valence-electron chi connectivity index (χ3n) is 3.72. The second-order valence-electron chi connectivity index (χ2n) is 5.27. The van der Waals surface area contributed by atoms with Crippen molar-refractivity contribution in [3.8, 4) is 10.6 Å². The van der Waals surface area contributed by atoms with Crippen LogP contribution in [0.3, 0.4) is 0 Å². The summed E-state index contributed by atoms with van der Waals surface area (Å²) >= 11 is 2.87. The molecule has 0 saturated carbocycles. The lowest BCUT2D eigenvalue weighted by atomic mass is 10.1. The second kappa shape index (κ2) is 5.85. The largest absolute Gasteiger partial charge is 0.304 e. The molecule has 3 aromatic heterocycles. The van der Waals surface area contributed by atoms with Crippen LogP contribution in [-0.4, -0.2) is 16.1 Å². The molecule has 0 bridgehead atoms. The Hall–Kier alpha value is -2.51. The SMILES string of the molecule is Cc1c(C(=O)Nc2cc(-c3cccs3)[nH]n2)sc2cccc(F)c12. The summed E-state index contributed by atoms with van der Waals surface area (Å²) in [7, 11) is 0. The highest BCUT2D eigenvalue weighted by Crippen LogP contribution is 2.33. The van der Waals surface area contributed by atoms with Crippen molar-refractivity contribution < 1.29 is 9.18 Å². The topological polar surface area (TPSA) is 57.8 Å². The van der Waals surface area contributed by atoms with Crippen LogP contribution in [0.4, 0.5) is 10.2 Å². The van der Waals surface area contributed by atoms with Crippen LogP contribution in [0.5, 0.6) is 0 Å². The molecular weight excluding hydrogens is 345 g/mol. The molecule has 0 atom stereocenters. The van der Waals surface area contributed by atoms with Crippen molar-refractivity contribution in [3.05, 3.63) is 58.0 Å². The minimum absolute atomic E-state index is 0.280. The van der Waals surface area contributed by atoms with Crippen LogP contribution in [0.25, 0.3) is 20.7 Å². The van der Waals surface area contributed by atoms with Gasteiger partial charge in [-0.3, -0.25) is 9.89 Å². The van der Waals surface area contributed by atoms with Gasteiger partial charge in [0.2, 0.25) is 0 Å². The molecule has 0 aliphatic carbocycles. The highest BCUT2D eigenvalue weighted by Gasteiger charge is 2.18. The van der Waals surface area contributed by atoms with Gasteiger partial charge < -0.3 is 5.32 Å². The fourth-order valence-electron chi connectivity index (χ4n) is 2.59. The number of hydrogen-bond acceptors (Lipinski definition) is 4. The van der Waals surface area contributed by atoms with Crippen LogP contribution in [-0.2, 0) is 0 Å². The molecule has 1 aromatic carbocycles. The van der Waals surface area contributed by atoms with Crippen molar-refractivity contribution in [2.75, 3.05) is 5.32 Å². The second-order valence-corrected chi connectivity index (χ2v) is 7.27. The van der Waals surface area contributed by atoms with E-state index in [-0.39, 0.29) is 11.7 Å². The minimum atomic E-state index is -0.306. The van der Waals surface area contributed by atoms with Gasteiger partial charge in [-0.15, -0.1) is 22.7 Å². The van der Waals surface area contributed by atoms with Crippen LogP contribution < -0.4 is 5.32 Å². The van der Waals surface area contributed by atoms with Crippen molar-refractivity contribution in [1.29, 1.82) is 0 Å². The van der Waals surface area contributed by atoms with E-state index in [1.165, 1.54) is 17.4 Å². The molecule has 24 heavy (non-hydrogen) atoms. The number of nitrogens with one attached hydrogen (secondary N) is 2. The summed E-state index contributed by atoms with van der Waals surface area (Å²) in [6, 6.07) is 10.6. The first-order valence-corrected chi connectivity index (χ1v) is 8.91. The Morgan fingerprint density at radius 3 is 2.92 bits per heavy atom. The molecular formula is C17H12FN3OS2. The van der Waals surface area contributed by atoms with E-state index in [0.717, 1.165) is 15.3 Å². The third-order valence-corrected chi connectivity index (χ3v) is 5.87. The highest BCUT2D eigenvalue weighted by atomic mass is 32.1. The maximum Gasteiger partial charge on any atom is 0.267 e. The summed E-state index contributed by atoms with van der Waals surface area (Å²) in [5.41, 5.74) is 1.50. The first kappa shape index (κ1) is 15.0. The zero-order valence-electron chi connectivity index (χ0n) is 12.6. The number of rotatable bonds is 3. The zero-order valence-corrected chi connectivity index (χ0v) is 14.2. The van der Waals surface area contributed by atoms with Gasteiger partial charge in [-0.2, -0.15) is 5.10 Å². The predicted molar refractivity (Wildman–Crippen MR) is 96.4 cm³/mol. The van der Waals surface area contributed by atoms with Crippen LogP contribution >= 0.6 is 22.7 Å². The van der Waals surface area contributed by atoms with E-state index in [1.54, 1.807) is 30.4 Å². The van der Waals surface area contributed by atoms with Crippen molar-refractivity contribution in [2.45, 2.75) is 6.92 Å². The van der Waals surface area contributed by atoms with Crippen molar-refractivity contribution in [3.63, 3.8) is 0 Å². The molecule has 4 rings (SSSR count). The molecule has 0 unspecified atom stereocenters.